The van der Waals surface area contributed by atoms with Gasteiger partial charge in [0, 0.05) is 38.4 Å². The molecule has 3 N–H and O–H groups in total. The minimum absolute atomic E-state index is 0.0151. The lowest BCUT2D eigenvalue weighted by molar-refractivity contribution is -0.138. The molecule has 9 atom stereocenters. The standard InChI is InChI=1S/C29H46N4O4/c1-17(33-37-27(36)31-16-19-6-10-25(32-19)26(35)30-4)22-8-9-23-21-7-5-18-15-20(34)11-13-28(18,2)24(21)12-14-29(22,23)3/h18-19,21-25,32H,5-16H2,1-4H3,(H,30,35)(H,31,36)/b33-17+/t18-,19?,21-,22+,23-,24-,25?,28-,29+/m0/s1. The molecule has 0 radical (unpaired) electrons. The molecule has 0 spiro atoms. The normalized spacial score (nSPS) is 43.4. The largest absolute Gasteiger partial charge is 0.433 e. The van der Waals surface area contributed by atoms with E-state index in [0.29, 0.717) is 35.5 Å². The van der Waals surface area contributed by atoms with Crippen molar-refractivity contribution >= 4 is 23.5 Å². The molecule has 2 unspecified atom stereocenters. The van der Waals surface area contributed by atoms with Crippen LogP contribution >= 0.6 is 0 Å². The molecule has 0 aromatic heterocycles. The smallest absolute Gasteiger partial charge is 0.358 e. The molecule has 8 nitrogen and oxygen atoms in total. The van der Waals surface area contributed by atoms with Gasteiger partial charge in [-0.3, -0.25) is 14.4 Å². The van der Waals surface area contributed by atoms with E-state index in [9.17, 15) is 14.4 Å². The van der Waals surface area contributed by atoms with E-state index in [0.717, 1.165) is 56.1 Å². The number of carbonyl (C=O) groups excluding carboxylic acids is 3. The van der Waals surface area contributed by atoms with Gasteiger partial charge in [0.2, 0.25) is 5.91 Å². The minimum atomic E-state index is -0.536. The Kier molecular flexibility index (Phi) is 7.42. The summed E-state index contributed by atoms with van der Waals surface area (Å²) in [5.41, 5.74) is 1.46. The molecule has 1 heterocycles. The maximum absolute atomic E-state index is 12.4. The van der Waals surface area contributed by atoms with Crippen molar-refractivity contribution in [3.05, 3.63) is 0 Å². The zero-order valence-electron chi connectivity index (χ0n) is 23.1. The number of oxime groups is 1. The molecule has 8 heteroatoms. The molecule has 0 aromatic rings. The predicted molar refractivity (Wildman–Crippen MR) is 142 cm³/mol. The summed E-state index contributed by atoms with van der Waals surface area (Å²) < 4.78 is 0. The number of rotatable bonds is 5. The van der Waals surface area contributed by atoms with E-state index in [4.69, 9.17) is 4.84 Å². The Hall–Kier alpha value is -1.96. The minimum Gasteiger partial charge on any atom is -0.358 e. The molecule has 5 fully saturated rings. The van der Waals surface area contributed by atoms with E-state index < -0.39 is 6.09 Å². The summed E-state index contributed by atoms with van der Waals surface area (Å²) in [6, 6.07) is -0.138. The van der Waals surface area contributed by atoms with Gasteiger partial charge in [0.25, 0.3) is 0 Å². The molecule has 0 aromatic carbocycles. The molecule has 37 heavy (non-hydrogen) atoms. The van der Waals surface area contributed by atoms with Crippen LogP contribution in [-0.4, -0.2) is 49.2 Å². The van der Waals surface area contributed by atoms with Crippen LogP contribution in [0.2, 0.25) is 0 Å². The third-order valence-electron chi connectivity index (χ3n) is 11.6. The number of fused-ring (bicyclic) bond motifs is 5. The second kappa shape index (κ2) is 10.3. The Morgan fingerprint density at radius 3 is 2.59 bits per heavy atom. The highest BCUT2D eigenvalue weighted by Crippen LogP contribution is 2.67. The number of nitrogens with zero attached hydrogens (tertiary/aromatic N) is 1. The van der Waals surface area contributed by atoms with E-state index >= 15 is 0 Å². The van der Waals surface area contributed by atoms with Crippen molar-refractivity contribution in [1.82, 2.24) is 16.0 Å². The van der Waals surface area contributed by atoms with Crippen molar-refractivity contribution in [1.29, 1.82) is 0 Å². The SMILES string of the molecule is CNC(=O)C1CCC(CNC(=O)O/N=C(\C)[C@H]2CC[C@H]3[C@@H]4CC[C@H]5CC(=O)CC[C@]5(C)[C@H]4CC[C@]23C)N1. The van der Waals surface area contributed by atoms with Gasteiger partial charge in [-0.1, -0.05) is 19.0 Å². The predicted octanol–water partition coefficient (Wildman–Crippen LogP) is 4.18. The molecule has 5 aliphatic rings. The highest BCUT2D eigenvalue weighted by Gasteiger charge is 2.60. The van der Waals surface area contributed by atoms with Gasteiger partial charge >= 0.3 is 6.09 Å². The fourth-order valence-corrected chi connectivity index (χ4v) is 9.51. The van der Waals surface area contributed by atoms with Crippen LogP contribution < -0.4 is 16.0 Å². The van der Waals surface area contributed by atoms with Crippen LogP contribution in [0.15, 0.2) is 5.16 Å². The quantitative estimate of drug-likeness (QED) is 0.290. The third-order valence-corrected chi connectivity index (χ3v) is 11.6. The maximum Gasteiger partial charge on any atom is 0.433 e. The number of carbonyl (C=O) groups is 3. The van der Waals surface area contributed by atoms with Crippen LogP contribution in [0.5, 0.6) is 0 Å². The summed E-state index contributed by atoms with van der Waals surface area (Å²) in [6.07, 6.45) is 11.0. The first-order chi connectivity index (χ1) is 17.7. The van der Waals surface area contributed by atoms with Crippen molar-refractivity contribution in [2.24, 2.45) is 45.6 Å². The van der Waals surface area contributed by atoms with Crippen LogP contribution in [0.25, 0.3) is 0 Å². The molecular formula is C29H46N4O4. The average Bonchev–Trinajstić information content (AvgIpc) is 3.50. The highest BCUT2D eigenvalue weighted by atomic mass is 16.7. The molecule has 1 saturated heterocycles. The van der Waals surface area contributed by atoms with Crippen LogP contribution in [-0.2, 0) is 14.4 Å². The van der Waals surface area contributed by atoms with Gasteiger partial charge in [-0.05, 0) is 99.2 Å². The first-order valence-electron chi connectivity index (χ1n) is 14.6. The van der Waals surface area contributed by atoms with E-state index in [2.05, 4.69) is 35.0 Å². The molecule has 0 bridgehead atoms. The number of likely N-dealkylation sites (N-methyl/N-ethyl adjacent to an activating group) is 1. The second-order valence-corrected chi connectivity index (χ2v) is 13.2. The maximum atomic E-state index is 12.4. The second-order valence-electron chi connectivity index (χ2n) is 13.2. The number of Topliss-reactive ketones (excluding diaryl/α,β-unsaturated/α-hetero) is 1. The fraction of sp³-hybridized carbons (Fsp3) is 0.862. The Bertz CT molecular complexity index is 952. The fourth-order valence-electron chi connectivity index (χ4n) is 9.51. The molecule has 1 aliphatic heterocycles. The number of amides is 2. The first kappa shape index (κ1) is 26.6. The summed E-state index contributed by atoms with van der Waals surface area (Å²) in [7, 11) is 1.64. The zero-order valence-corrected chi connectivity index (χ0v) is 23.1. The van der Waals surface area contributed by atoms with Crippen molar-refractivity contribution in [2.75, 3.05) is 13.6 Å². The van der Waals surface area contributed by atoms with Gasteiger partial charge in [0.1, 0.15) is 5.78 Å². The Balaban J connectivity index is 1.16. The van der Waals surface area contributed by atoms with E-state index in [1.807, 2.05) is 6.92 Å². The van der Waals surface area contributed by atoms with Gasteiger partial charge in [0.15, 0.2) is 0 Å². The zero-order chi connectivity index (χ0) is 26.4. The highest BCUT2D eigenvalue weighted by molar-refractivity contribution is 5.86. The molecule has 4 saturated carbocycles. The van der Waals surface area contributed by atoms with E-state index in [-0.39, 0.29) is 23.4 Å². The van der Waals surface area contributed by atoms with Crippen molar-refractivity contribution in [3.63, 3.8) is 0 Å². The van der Waals surface area contributed by atoms with Crippen molar-refractivity contribution in [3.8, 4) is 0 Å². The summed E-state index contributed by atoms with van der Waals surface area (Å²) in [5.74, 6) is 3.56. The lowest BCUT2D eigenvalue weighted by Crippen LogP contribution is -2.53. The Morgan fingerprint density at radius 1 is 1.03 bits per heavy atom. The molecule has 2 amide bonds. The summed E-state index contributed by atoms with van der Waals surface area (Å²) in [4.78, 5) is 41.6. The lowest BCUT2D eigenvalue weighted by atomic mass is 9.44. The monoisotopic (exact) mass is 514 g/mol. The Labute approximate surface area is 221 Å². The van der Waals surface area contributed by atoms with Crippen molar-refractivity contribution < 1.29 is 19.2 Å². The molecule has 4 aliphatic carbocycles. The van der Waals surface area contributed by atoms with E-state index in [1.165, 1.54) is 32.1 Å². The first-order valence-corrected chi connectivity index (χ1v) is 14.6. The summed E-state index contributed by atoms with van der Waals surface area (Å²) in [5, 5.41) is 13.0. The topological polar surface area (TPSA) is 109 Å². The van der Waals surface area contributed by atoms with Crippen LogP contribution in [0.1, 0.15) is 91.4 Å². The van der Waals surface area contributed by atoms with Gasteiger partial charge in [-0.2, -0.15) is 0 Å². The molecular weight excluding hydrogens is 468 g/mol. The van der Waals surface area contributed by atoms with Crippen LogP contribution in [0.4, 0.5) is 4.79 Å². The Morgan fingerprint density at radius 2 is 1.81 bits per heavy atom. The average molecular weight is 515 g/mol. The van der Waals surface area contributed by atoms with Crippen molar-refractivity contribution in [2.45, 2.75) is 103 Å². The van der Waals surface area contributed by atoms with E-state index in [1.54, 1.807) is 7.05 Å². The van der Waals surface area contributed by atoms with Gasteiger partial charge in [-0.25, -0.2) is 4.79 Å². The summed E-state index contributed by atoms with van der Waals surface area (Å²) >= 11 is 0. The van der Waals surface area contributed by atoms with Gasteiger partial charge in [-0.15, -0.1) is 0 Å². The number of hydrogen-bond acceptors (Lipinski definition) is 6. The number of nitrogens with one attached hydrogen (secondary N) is 3. The van der Waals surface area contributed by atoms with Crippen LogP contribution in [0, 0.1) is 40.4 Å². The summed E-state index contributed by atoms with van der Waals surface area (Å²) in [6.45, 7) is 7.39. The lowest BCUT2D eigenvalue weighted by Gasteiger charge is -2.60. The van der Waals surface area contributed by atoms with Gasteiger partial charge in [0.05, 0.1) is 11.8 Å². The molecule has 5 rings (SSSR count). The molecule has 206 valence electrons. The third kappa shape index (κ3) is 4.83. The van der Waals surface area contributed by atoms with Crippen LogP contribution in [0.3, 0.4) is 0 Å². The van der Waals surface area contributed by atoms with Gasteiger partial charge < -0.3 is 16.0 Å². The number of hydrogen-bond donors (Lipinski definition) is 3. The number of ketones is 1.